The van der Waals surface area contributed by atoms with Crippen molar-refractivity contribution >= 4 is 12.1 Å². The van der Waals surface area contributed by atoms with Crippen molar-refractivity contribution in [3.05, 3.63) is 86.8 Å². The molecule has 1 aromatic heterocycles. The van der Waals surface area contributed by atoms with Gasteiger partial charge in [0.2, 0.25) is 0 Å². The van der Waals surface area contributed by atoms with Crippen molar-refractivity contribution in [2.75, 3.05) is 0 Å². The van der Waals surface area contributed by atoms with Crippen molar-refractivity contribution in [1.82, 2.24) is 15.2 Å². The van der Waals surface area contributed by atoms with Gasteiger partial charge in [-0.1, -0.05) is 29.8 Å². The van der Waals surface area contributed by atoms with Gasteiger partial charge in [0.05, 0.1) is 17.5 Å². The highest BCUT2D eigenvalue weighted by Crippen LogP contribution is 2.60. The summed E-state index contributed by atoms with van der Waals surface area (Å²) in [6.07, 6.45) is 9.71. The van der Waals surface area contributed by atoms with Gasteiger partial charge in [0.1, 0.15) is 0 Å². The molecule has 4 saturated carbocycles. The Hall–Kier alpha value is -3.41. The van der Waals surface area contributed by atoms with E-state index < -0.39 is 0 Å². The summed E-state index contributed by atoms with van der Waals surface area (Å²) in [6.45, 7) is 3.77. The Morgan fingerprint density at radius 2 is 1.69 bits per heavy atom. The highest BCUT2D eigenvalue weighted by atomic mass is 16.2. The number of benzene rings is 2. The second-order valence-corrected chi connectivity index (χ2v) is 11.1. The number of aromatic amines is 1. The van der Waals surface area contributed by atoms with Gasteiger partial charge >= 0.3 is 0 Å². The van der Waals surface area contributed by atoms with Gasteiger partial charge < -0.3 is 0 Å². The summed E-state index contributed by atoms with van der Waals surface area (Å²) in [5.74, 6) is 2.41. The number of carbonyl (C=O) groups excluding carboxylic acids is 1. The van der Waals surface area contributed by atoms with Crippen LogP contribution in [0.15, 0.2) is 58.4 Å². The summed E-state index contributed by atoms with van der Waals surface area (Å²) in [5.41, 5.74) is 7.60. The highest BCUT2D eigenvalue weighted by Gasteiger charge is 2.51. The number of amides is 1. The van der Waals surface area contributed by atoms with Gasteiger partial charge in [-0.15, -0.1) is 0 Å². The first-order valence-corrected chi connectivity index (χ1v) is 12.7. The summed E-state index contributed by atoms with van der Waals surface area (Å²) in [4.78, 5) is 25.4. The maximum absolute atomic E-state index is 13.1. The maximum Gasteiger partial charge on any atom is 0.280 e. The van der Waals surface area contributed by atoms with Crippen LogP contribution in [0.1, 0.15) is 71.3 Å². The standard InChI is InChI=1S/C29H32N4O2/c1-18-4-3-5-23(10-18)27(34)31-30-17-26-19(2)32-33(28(26)35)25-8-6-24(7-9-25)29-14-20-11-21(15-29)13-22(12-20)16-29/h3-10,17,20-22,32H,11-16H2,1-2H3,(H,31,34). The van der Waals surface area contributed by atoms with E-state index in [9.17, 15) is 9.59 Å². The van der Waals surface area contributed by atoms with Crippen LogP contribution in [0.5, 0.6) is 0 Å². The molecule has 0 unspecified atom stereocenters. The number of aryl methyl sites for hydroxylation is 2. The van der Waals surface area contributed by atoms with Crippen LogP contribution in [-0.2, 0) is 5.41 Å². The molecule has 7 rings (SSSR count). The van der Waals surface area contributed by atoms with E-state index >= 15 is 0 Å². The van der Waals surface area contributed by atoms with E-state index in [1.54, 1.807) is 16.8 Å². The molecular weight excluding hydrogens is 436 g/mol. The molecule has 35 heavy (non-hydrogen) atoms. The van der Waals surface area contributed by atoms with Crippen LogP contribution >= 0.6 is 0 Å². The normalized spacial score (nSPS) is 27.0. The first-order valence-electron chi connectivity index (χ1n) is 12.7. The molecule has 0 aliphatic heterocycles. The van der Waals surface area contributed by atoms with Gasteiger partial charge in [-0.25, -0.2) is 10.1 Å². The van der Waals surface area contributed by atoms with E-state index in [0.717, 1.165) is 29.0 Å². The Morgan fingerprint density at radius 1 is 1.03 bits per heavy atom. The Balaban J connectivity index is 1.20. The zero-order valence-electron chi connectivity index (χ0n) is 20.4. The third-order valence-corrected chi connectivity index (χ3v) is 8.53. The summed E-state index contributed by atoms with van der Waals surface area (Å²) < 4.78 is 1.56. The molecule has 0 radical (unpaired) electrons. The smallest absolute Gasteiger partial charge is 0.280 e. The molecule has 0 atom stereocenters. The van der Waals surface area contributed by atoms with Crippen LogP contribution in [0.3, 0.4) is 0 Å². The fraction of sp³-hybridized carbons (Fsp3) is 0.414. The molecular formula is C29H32N4O2. The number of nitrogens with zero attached hydrogens (tertiary/aromatic N) is 2. The third-order valence-electron chi connectivity index (χ3n) is 8.53. The zero-order valence-corrected chi connectivity index (χ0v) is 20.4. The van der Waals surface area contributed by atoms with E-state index in [1.165, 1.54) is 50.3 Å². The minimum Gasteiger partial charge on any atom is -0.295 e. The van der Waals surface area contributed by atoms with Crippen molar-refractivity contribution in [3.63, 3.8) is 0 Å². The van der Waals surface area contributed by atoms with E-state index in [-0.39, 0.29) is 11.5 Å². The topological polar surface area (TPSA) is 79.2 Å². The molecule has 2 aromatic carbocycles. The number of H-pyrrole nitrogens is 1. The average Bonchev–Trinajstić information content (AvgIpc) is 3.11. The number of hydrazone groups is 1. The van der Waals surface area contributed by atoms with Crippen LogP contribution in [0.2, 0.25) is 0 Å². The quantitative estimate of drug-likeness (QED) is 0.408. The Kier molecular flexibility index (Phi) is 5.28. The van der Waals surface area contributed by atoms with Crippen LogP contribution in [0.4, 0.5) is 0 Å². The molecule has 180 valence electrons. The number of rotatable bonds is 5. The predicted octanol–water partition coefficient (Wildman–Crippen LogP) is 5.01. The Bertz CT molecular complexity index is 1330. The van der Waals surface area contributed by atoms with Crippen LogP contribution in [0.25, 0.3) is 5.69 Å². The minimum atomic E-state index is -0.307. The van der Waals surface area contributed by atoms with Gasteiger partial charge in [0.15, 0.2) is 0 Å². The van der Waals surface area contributed by atoms with Crippen LogP contribution in [0, 0.1) is 31.6 Å². The summed E-state index contributed by atoms with van der Waals surface area (Å²) in [6, 6.07) is 15.9. The maximum atomic E-state index is 13.1. The van der Waals surface area contributed by atoms with Gasteiger partial charge in [-0.05, 0) is 105 Å². The van der Waals surface area contributed by atoms with E-state index in [1.807, 2.05) is 26.0 Å². The first kappa shape index (κ1) is 22.1. The van der Waals surface area contributed by atoms with Gasteiger partial charge in [0, 0.05) is 11.3 Å². The SMILES string of the molecule is Cc1cccc(C(=O)NN=Cc2c(C)[nH]n(-c3ccc(C45CC6CC(CC(C6)C4)C5)cc3)c2=O)c1. The van der Waals surface area contributed by atoms with Gasteiger partial charge in [-0.3, -0.25) is 14.7 Å². The third kappa shape index (κ3) is 3.95. The Morgan fingerprint density at radius 3 is 2.31 bits per heavy atom. The van der Waals surface area contributed by atoms with Crippen molar-refractivity contribution in [3.8, 4) is 5.69 Å². The van der Waals surface area contributed by atoms with E-state index in [4.69, 9.17) is 0 Å². The van der Waals surface area contributed by atoms with Crippen molar-refractivity contribution < 1.29 is 4.79 Å². The van der Waals surface area contributed by atoms with Crippen LogP contribution in [-0.4, -0.2) is 21.9 Å². The second-order valence-electron chi connectivity index (χ2n) is 11.1. The molecule has 1 amide bonds. The van der Waals surface area contributed by atoms with Gasteiger partial charge in [-0.2, -0.15) is 5.10 Å². The lowest BCUT2D eigenvalue weighted by Gasteiger charge is -2.57. The van der Waals surface area contributed by atoms with E-state index in [2.05, 4.69) is 39.9 Å². The molecule has 2 N–H and O–H groups in total. The van der Waals surface area contributed by atoms with Crippen molar-refractivity contribution in [2.24, 2.45) is 22.9 Å². The minimum absolute atomic E-state index is 0.182. The van der Waals surface area contributed by atoms with Gasteiger partial charge in [0.25, 0.3) is 11.5 Å². The molecule has 1 heterocycles. The average molecular weight is 469 g/mol. The summed E-state index contributed by atoms with van der Waals surface area (Å²) >= 11 is 0. The lowest BCUT2D eigenvalue weighted by Crippen LogP contribution is -2.48. The Labute approximate surface area is 205 Å². The molecule has 4 bridgehead atoms. The molecule has 4 aliphatic carbocycles. The number of nitrogens with one attached hydrogen (secondary N) is 2. The lowest BCUT2D eigenvalue weighted by atomic mass is 9.48. The number of carbonyl (C=O) groups is 1. The number of hydrogen-bond donors (Lipinski definition) is 2. The highest BCUT2D eigenvalue weighted by molar-refractivity contribution is 5.95. The first-order chi connectivity index (χ1) is 16.9. The molecule has 6 heteroatoms. The molecule has 0 spiro atoms. The largest absolute Gasteiger partial charge is 0.295 e. The molecule has 3 aromatic rings. The second kappa shape index (κ2) is 8.36. The molecule has 4 aliphatic rings. The number of hydrogen-bond acceptors (Lipinski definition) is 3. The fourth-order valence-electron chi connectivity index (χ4n) is 7.33. The summed E-state index contributed by atoms with van der Waals surface area (Å²) in [5, 5.41) is 7.20. The van der Waals surface area contributed by atoms with Crippen molar-refractivity contribution in [2.45, 2.75) is 57.8 Å². The summed E-state index contributed by atoms with van der Waals surface area (Å²) in [7, 11) is 0. The predicted molar refractivity (Wildman–Crippen MR) is 137 cm³/mol. The molecule has 4 fully saturated rings. The number of aromatic nitrogens is 2. The fourth-order valence-corrected chi connectivity index (χ4v) is 7.33. The zero-order chi connectivity index (χ0) is 24.2. The lowest BCUT2D eigenvalue weighted by molar-refractivity contribution is -0.00518. The van der Waals surface area contributed by atoms with E-state index in [0.29, 0.717) is 22.2 Å². The molecule has 6 nitrogen and oxygen atoms in total. The van der Waals surface area contributed by atoms with Crippen molar-refractivity contribution in [1.29, 1.82) is 0 Å². The van der Waals surface area contributed by atoms with Crippen LogP contribution < -0.4 is 11.0 Å². The monoisotopic (exact) mass is 468 g/mol. The molecule has 0 saturated heterocycles.